The molecule has 0 aromatic heterocycles. The molecule has 0 spiro atoms. The summed E-state index contributed by atoms with van der Waals surface area (Å²) in [6.45, 7) is 2.63. The van der Waals surface area contributed by atoms with Crippen LogP contribution < -0.4 is 10.6 Å². The maximum atomic E-state index is 12.1. The van der Waals surface area contributed by atoms with E-state index in [2.05, 4.69) is 22.8 Å². The van der Waals surface area contributed by atoms with Crippen LogP contribution in [0.4, 0.5) is 11.4 Å². The molecule has 116 valence electrons. The summed E-state index contributed by atoms with van der Waals surface area (Å²) in [4.78, 5) is 12.1. The zero-order valence-electron chi connectivity index (χ0n) is 12.2. The highest BCUT2D eigenvalue weighted by Gasteiger charge is 2.18. The molecule has 0 radical (unpaired) electrons. The Kier molecular flexibility index (Phi) is 5.88. The number of fused-ring (bicyclic) bond motifs is 1. The maximum Gasteiger partial charge on any atom is 0.224 e. The lowest BCUT2D eigenvalue weighted by atomic mass is 9.96. The summed E-state index contributed by atoms with van der Waals surface area (Å²) in [5.41, 5.74) is 3.43. The van der Waals surface area contributed by atoms with Gasteiger partial charge in [0.15, 0.2) is 0 Å². The third-order valence-corrected chi connectivity index (χ3v) is 4.14. The standard InChI is InChI=1S/C16H22N2O2.ClH/c19-16(10-12-5-8-20-9-6-12)18-14-3-4-15-13(11-14)2-1-7-17-15;/h3-4,11-12,17H,1-2,5-10H2,(H,18,19);1H. The topological polar surface area (TPSA) is 50.4 Å². The highest BCUT2D eigenvalue weighted by atomic mass is 35.5. The summed E-state index contributed by atoms with van der Waals surface area (Å²) >= 11 is 0. The van der Waals surface area contributed by atoms with Crippen LogP contribution in [0.2, 0.25) is 0 Å². The fourth-order valence-corrected chi connectivity index (χ4v) is 2.98. The van der Waals surface area contributed by atoms with E-state index in [1.54, 1.807) is 0 Å². The third-order valence-electron chi connectivity index (χ3n) is 4.14. The van der Waals surface area contributed by atoms with Crippen molar-refractivity contribution >= 4 is 29.7 Å². The summed E-state index contributed by atoms with van der Waals surface area (Å²) in [5.74, 6) is 0.601. The molecule has 1 saturated heterocycles. The lowest BCUT2D eigenvalue weighted by Gasteiger charge is -2.22. The van der Waals surface area contributed by atoms with E-state index in [4.69, 9.17) is 4.74 Å². The van der Waals surface area contributed by atoms with Gasteiger partial charge in [-0.15, -0.1) is 12.4 Å². The van der Waals surface area contributed by atoms with Gasteiger partial charge in [0.05, 0.1) is 0 Å². The molecule has 1 fully saturated rings. The number of ether oxygens (including phenoxy) is 1. The quantitative estimate of drug-likeness (QED) is 0.901. The van der Waals surface area contributed by atoms with Crippen LogP contribution in [-0.2, 0) is 16.0 Å². The molecule has 0 bridgehead atoms. The first-order valence-electron chi connectivity index (χ1n) is 7.55. The maximum absolute atomic E-state index is 12.1. The van der Waals surface area contributed by atoms with E-state index in [0.717, 1.165) is 51.1 Å². The first-order chi connectivity index (χ1) is 9.81. The van der Waals surface area contributed by atoms with Gasteiger partial charge in [-0.3, -0.25) is 4.79 Å². The van der Waals surface area contributed by atoms with Gasteiger partial charge in [0, 0.05) is 37.6 Å². The molecule has 2 heterocycles. The van der Waals surface area contributed by atoms with Crippen LogP contribution in [0.3, 0.4) is 0 Å². The minimum Gasteiger partial charge on any atom is -0.385 e. The number of aryl methyl sites for hydroxylation is 1. The average Bonchev–Trinajstić information content (AvgIpc) is 2.48. The molecule has 2 aliphatic heterocycles. The summed E-state index contributed by atoms with van der Waals surface area (Å²) in [7, 11) is 0. The lowest BCUT2D eigenvalue weighted by molar-refractivity contribution is -0.117. The summed E-state index contributed by atoms with van der Waals surface area (Å²) in [6.07, 6.45) is 4.86. The molecule has 0 aliphatic carbocycles. The lowest BCUT2D eigenvalue weighted by Crippen LogP contribution is -2.22. The second kappa shape index (κ2) is 7.66. The Morgan fingerprint density at radius 2 is 2.14 bits per heavy atom. The van der Waals surface area contributed by atoms with Crippen molar-refractivity contribution in [2.24, 2.45) is 5.92 Å². The van der Waals surface area contributed by atoms with Crippen molar-refractivity contribution in [3.05, 3.63) is 23.8 Å². The van der Waals surface area contributed by atoms with Crippen LogP contribution in [0.25, 0.3) is 0 Å². The minimum absolute atomic E-state index is 0. The van der Waals surface area contributed by atoms with Crippen LogP contribution >= 0.6 is 12.4 Å². The van der Waals surface area contributed by atoms with Crippen molar-refractivity contribution in [1.82, 2.24) is 0 Å². The fourth-order valence-electron chi connectivity index (χ4n) is 2.98. The number of halogens is 1. The number of anilines is 2. The Balaban J connectivity index is 0.00000161. The highest BCUT2D eigenvalue weighted by Crippen LogP contribution is 2.26. The van der Waals surface area contributed by atoms with Gasteiger partial charge in [0.25, 0.3) is 0 Å². The molecule has 0 atom stereocenters. The van der Waals surface area contributed by atoms with Gasteiger partial charge in [0.1, 0.15) is 0 Å². The summed E-state index contributed by atoms with van der Waals surface area (Å²) in [5, 5.41) is 6.41. The van der Waals surface area contributed by atoms with Crippen LogP contribution in [0.5, 0.6) is 0 Å². The van der Waals surface area contributed by atoms with Crippen molar-refractivity contribution in [2.75, 3.05) is 30.4 Å². The first kappa shape index (κ1) is 16.1. The molecule has 5 heteroatoms. The molecular formula is C16H23ClN2O2. The molecular weight excluding hydrogens is 288 g/mol. The Hall–Kier alpha value is -1.26. The number of carbonyl (C=O) groups excluding carboxylic acids is 1. The SMILES string of the molecule is Cl.O=C(CC1CCOCC1)Nc1ccc2c(c1)CCCN2. The van der Waals surface area contributed by atoms with E-state index >= 15 is 0 Å². The zero-order valence-corrected chi connectivity index (χ0v) is 13.0. The van der Waals surface area contributed by atoms with E-state index in [1.165, 1.54) is 11.3 Å². The van der Waals surface area contributed by atoms with Crippen LogP contribution in [0, 0.1) is 5.92 Å². The van der Waals surface area contributed by atoms with Crippen LogP contribution in [0.1, 0.15) is 31.2 Å². The largest absolute Gasteiger partial charge is 0.385 e. The second-order valence-electron chi connectivity index (χ2n) is 5.71. The Bertz CT molecular complexity index is 487. The van der Waals surface area contributed by atoms with E-state index < -0.39 is 0 Å². The number of hydrogen-bond donors (Lipinski definition) is 2. The van der Waals surface area contributed by atoms with Gasteiger partial charge in [0.2, 0.25) is 5.91 Å². The molecule has 4 nitrogen and oxygen atoms in total. The van der Waals surface area contributed by atoms with Gasteiger partial charge < -0.3 is 15.4 Å². The van der Waals surface area contributed by atoms with E-state index in [9.17, 15) is 4.79 Å². The fraction of sp³-hybridized carbons (Fsp3) is 0.562. The number of nitrogens with one attached hydrogen (secondary N) is 2. The van der Waals surface area contributed by atoms with Gasteiger partial charge in [-0.1, -0.05) is 0 Å². The van der Waals surface area contributed by atoms with Crippen molar-refractivity contribution in [3.63, 3.8) is 0 Å². The number of carbonyl (C=O) groups is 1. The number of benzene rings is 1. The molecule has 0 unspecified atom stereocenters. The number of hydrogen-bond acceptors (Lipinski definition) is 3. The second-order valence-corrected chi connectivity index (χ2v) is 5.71. The van der Waals surface area contributed by atoms with Crippen molar-refractivity contribution in [1.29, 1.82) is 0 Å². The van der Waals surface area contributed by atoms with Crippen molar-refractivity contribution in [2.45, 2.75) is 32.1 Å². The normalized spacial score (nSPS) is 18.1. The smallest absolute Gasteiger partial charge is 0.224 e. The van der Waals surface area contributed by atoms with Crippen molar-refractivity contribution < 1.29 is 9.53 Å². The molecule has 1 aromatic rings. The van der Waals surface area contributed by atoms with Gasteiger partial charge in [-0.2, -0.15) is 0 Å². The van der Waals surface area contributed by atoms with Gasteiger partial charge in [-0.25, -0.2) is 0 Å². The van der Waals surface area contributed by atoms with Crippen molar-refractivity contribution in [3.8, 4) is 0 Å². The molecule has 21 heavy (non-hydrogen) atoms. The molecule has 1 amide bonds. The zero-order chi connectivity index (χ0) is 13.8. The van der Waals surface area contributed by atoms with Gasteiger partial charge >= 0.3 is 0 Å². The van der Waals surface area contributed by atoms with E-state index in [0.29, 0.717) is 12.3 Å². The first-order valence-corrected chi connectivity index (χ1v) is 7.55. The third kappa shape index (κ3) is 4.35. The van der Waals surface area contributed by atoms with Gasteiger partial charge in [-0.05, 0) is 55.4 Å². The van der Waals surface area contributed by atoms with Crippen LogP contribution in [0.15, 0.2) is 18.2 Å². The monoisotopic (exact) mass is 310 g/mol. The van der Waals surface area contributed by atoms with Crippen LogP contribution in [-0.4, -0.2) is 25.7 Å². The molecule has 2 N–H and O–H groups in total. The molecule has 0 saturated carbocycles. The predicted octanol–water partition coefficient (Wildman–Crippen LogP) is 3.22. The summed E-state index contributed by atoms with van der Waals surface area (Å²) in [6, 6.07) is 6.15. The molecule has 1 aromatic carbocycles. The molecule has 2 aliphatic rings. The number of rotatable bonds is 3. The number of amides is 1. The Morgan fingerprint density at radius 3 is 2.95 bits per heavy atom. The molecule has 3 rings (SSSR count). The predicted molar refractivity (Wildman–Crippen MR) is 87.3 cm³/mol. The summed E-state index contributed by atoms with van der Waals surface area (Å²) < 4.78 is 5.32. The highest BCUT2D eigenvalue weighted by molar-refractivity contribution is 5.91. The average molecular weight is 311 g/mol. The van der Waals surface area contributed by atoms with E-state index in [1.807, 2.05) is 6.07 Å². The minimum atomic E-state index is 0. The van der Waals surface area contributed by atoms with E-state index in [-0.39, 0.29) is 18.3 Å². The Morgan fingerprint density at radius 1 is 1.33 bits per heavy atom. The Labute approximate surface area is 132 Å².